The summed E-state index contributed by atoms with van der Waals surface area (Å²) in [6.45, 7) is 3.96. The number of nitrogens with zero attached hydrogens (tertiary/aromatic N) is 3. The van der Waals surface area contributed by atoms with Crippen molar-refractivity contribution in [2.24, 2.45) is 0 Å². The molecule has 0 spiro atoms. The first-order valence-corrected chi connectivity index (χ1v) is 9.20. The van der Waals surface area contributed by atoms with Crippen LogP contribution >= 0.6 is 0 Å². The molecule has 1 amide bonds. The minimum atomic E-state index is -0.428. The highest BCUT2D eigenvalue weighted by molar-refractivity contribution is 5.94. The van der Waals surface area contributed by atoms with E-state index < -0.39 is 5.82 Å². The Labute approximate surface area is 154 Å². The summed E-state index contributed by atoms with van der Waals surface area (Å²) >= 11 is 0. The molecule has 0 saturated carbocycles. The SMILES string of the molecule is Cc1ccc(C(=O)N2CCC[C@H](N(C)Cc3ccccn3)CC2)c(F)c1. The molecule has 1 fully saturated rings. The molecule has 0 unspecified atom stereocenters. The predicted octanol–water partition coefficient (Wildman–Crippen LogP) is 3.66. The number of aryl methyl sites for hydroxylation is 1. The second kappa shape index (κ2) is 8.41. The number of likely N-dealkylation sites (tertiary alicyclic amines) is 1. The van der Waals surface area contributed by atoms with Crippen molar-refractivity contribution in [3.05, 3.63) is 65.2 Å². The van der Waals surface area contributed by atoms with Gasteiger partial charge in [-0.1, -0.05) is 12.1 Å². The zero-order valence-electron chi connectivity index (χ0n) is 15.5. The van der Waals surface area contributed by atoms with Gasteiger partial charge in [-0.25, -0.2) is 4.39 Å². The fraction of sp³-hybridized carbons (Fsp3) is 0.429. The average Bonchev–Trinajstić information content (AvgIpc) is 2.88. The van der Waals surface area contributed by atoms with Crippen LogP contribution in [-0.2, 0) is 6.54 Å². The normalized spacial score (nSPS) is 18.0. The Morgan fingerprint density at radius 2 is 2.12 bits per heavy atom. The highest BCUT2D eigenvalue weighted by Crippen LogP contribution is 2.20. The molecule has 0 aliphatic carbocycles. The summed E-state index contributed by atoms with van der Waals surface area (Å²) in [5.74, 6) is -0.626. The molecule has 3 rings (SSSR count). The monoisotopic (exact) mass is 355 g/mol. The molecule has 2 heterocycles. The molecule has 0 radical (unpaired) electrons. The lowest BCUT2D eigenvalue weighted by molar-refractivity contribution is 0.0752. The number of benzene rings is 1. The molecule has 1 aromatic heterocycles. The first-order valence-electron chi connectivity index (χ1n) is 9.20. The van der Waals surface area contributed by atoms with Crippen LogP contribution < -0.4 is 0 Å². The van der Waals surface area contributed by atoms with E-state index in [0.29, 0.717) is 19.1 Å². The standard InChI is InChI=1S/C21H26FN3O/c1-16-8-9-19(20(22)14-16)21(26)25-12-5-7-18(10-13-25)24(2)15-17-6-3-4-11-23-17/h3-4,6,8-9,11,14,18H,5,7,10,12-13,15H2,1-2H3/t18-/m0/s1. The van der Waals surface area contributed by atoms with Crippen LogP contribution in [0.15, 0.2) is 42.6 Å². The average molecular weight is 355 g/mol. The minimum absolute atomic E-state index is 0.177. The van der Waals surface area contributed by atoms with Gasteiger partial charge >= 0.3 is 0 Å². The fourth-order valence-corrected chi connectivity index (χ4v) is 3.56. The summed E-state index contributed by atoms with van der Waals surface area (Å²) in [6.07, 6.45) is 4.66. The number of halogens is 1. The highest BCUT2D eigenvalue weighted by atomic mass is 19.1. The Hall–Kier alpha value is -2.27. The molecule has 1 aliphatic heterocycles. The molecule has 1 saturated heterocycles. The number of carbonyl (C=O) groups excluding carboxylic acids is 1. The maximum Gasteiger partial charge on any atom is 0.256 e. The van der Waals surface area contributed by atoms with Crippen LogP contribution in [-0.4, -0.2) is 46.9 Å². The van der Waals surface area contributed by atoms with Crippen LogP contribution in [0, 0.1) is 12.7 Å². The second-order valence-corrected chi connectivity index (χ2v) is 7.10. The molecular weight excluding hydrogens is 329 g/mol. The maximum absolute atomic E-state index is 14.1. The molecule has 1 aliphatic rings. The molecule has 4 nitrogen and oxygen atoms in total. The lowest BCUT2D eigenvalue weighted by Crippen LogP contribution is -2.35. The maximum atomic E-state index is 14.1. The van der Waals surface area contributed by atoms with Crippen molar-refractivity contribution < 1.29 is 9.18 Å². The van der Waals surface area contributed by atoms with Gasteiger partial charge in [-0.3, -0.25) is 14.7 Å². The Morgan fingerprint density at radius 1 is 1.27 bits per heavy atom. The Kier molecular flexibility index (Phi) is 5.99. The molecular formula is C21H26FN3O. The third-order valence-corrected chi connectivity index (χ3v) is 5.10. The largest absolute Gasteiger partial charge is 0.338 e. The number of pyridine rings is 1. The number of hydrogen-bond acceptors (Lipinski definition) is 3. The molecule has 5 heteroatoms. The van der Waals surface area contributed by atoms with Gasteiger partial charge in [0.05, 0.1) is 11.3 Å². The van der Waals surface area contributed by atoms with Gasteiger partial charge in [0.25, 0.3) is 5.91 Å². The lowest BCUT2D eigenvalue weighted by atomic mass is 10.1. The third kappa shape index (κ3) is 4.47. The van der Waals surface area contributed by atoms with E-state index in [1.54, 1.807) is 17.0 Å². The van der Waals surface area contributed by atoms with Crippen molar-refractivity contribution in [3.8, 4) is 0 Å². The second-order valence-electron chi connectivity index (χ2n) is 7.10. The van der Waals surface area contributed by atoms with E-state index in [1.807, 2.05) is 31.3 Å². The van der Waals surface area contributed by atoms with Gasteiger partial charge in [0.2, 0.25) is 0 Å². The van der Waals surface area contributed by atoms with Crippen molar-refractivity contribution >= 4 is 5.91 Å². The highest BCUT2D eigenvalue weighted by Gasteiger charge is 2.25. The molecule has 26 heavy (non-hydrogen) atoms. The predicted molar refractivity (Wildman–Crippen MR) is 100 cm³/mol. The van der Waals surface area contributed by atoms with Crippen molar-refractivity contribution in [3.63, 3.8) is 0 Å². The topological polar surface area (TPSA) is 36.4 Å². The number of aromatic nitrogens is 1. The Balaban J connectivity index is 1.61. The van der Waals surface area contributed by atoms with Crippen molar-refractivity contribution in [2.45, 2.75) is 38.8 Å². The molecule has 0 bridgehead atoms. The summed E-state index contributed by atoms with van der Waals surface area (Å²) in [5, 5.41) is 0. The van der Waals surface area contributed by atoms with Crippen LogP contribution in [0.25, 0.3) is 0 Å². The van der Waals surface area contributed by atoms with Crippen molar-refractivity contribution in [1.29, 1.82) is 0 Å². The van der Waals surface area contributed by atoms with Gasteiger partial charge in [0.1, 0.15) is 5.82 Å². The zero-order valence-corrected chi connectivity index (χ0v) is 15.5. The van der Waals surface area contributed by atoms with Crippen molar-refractivity contribution in [2.75, 3.05) is 20.1 Å². The molecule has 1 aromatic carbocycles. The Morgan fingerprint density at radius 3 is 2.85 bits per heavy atom. The van der Waals surface area contributed by atoms with Crippen LogP contribution in [0.3, 0.4) is 0 Å². The van der Waals surface area contributed by atoms with Crippen LogP contribution in [0.1, 0.15) is 40.9 Å². The van der Waals surface area contributed by atoms with Gasteiger partial charge in [0.15, 0.2) is 0 Å². The van der Waals surface area contributed by atoms with Crippen LogP contribution in [0.2, 0.25) is 0 Å². The smallest absolute Gasteiger partial charge is 0.256 e. The lowest BCUT2D eigenvalue weighted by Gasteiger charge is -2.27. The van der Waals surface area contributed by atoms with Gasteiger partial charge in [0, 0.05) is 31.9 Å². The summed E-state index contributed by atoms with van der Waals surface area (Å²) in [4.78, 5) is 21.2. The number of amides is 1. The third-order valence-electron chi connectivity index (χ3n) is 5.10. The van der Waals surface area contributed by atoms with Gasteiger partial charge in [-0.05, 0) is 63.1 Å². The zero-order chi connectivity index (χ0) is 18.5. The fourth-order valence-electron chi connectivity index (χ4n) is 3.56. The molecule has 0 N–H and O–H groups in total. The van der Waals surface area contributed by atoms with E-state index in [9.17, 15) is 9.18 Å². The minimum Gasteiger partial charge on any atom is -0.338 e. The first kappa shape index (κ1) is 18.5. The summed E-state index contributed by atoms with van der Waals surface area (Å²) in [5.41, 5.74) is 2.05. The van der Waals surface area contributed by atoms with Gasteiger partial charge in [-0.15, -0.1) is 0 Å². The van der Waals surface area contributed by atoms with E-state index in [1.165, 1.54) is 6.07 Å². The molecule has 2 aromatic rings. The van der Waals surface area contributed by atoms with Crippen LogP contribution in [0.5, 0.6) is 0 Å². The van der Waals surface area contributed by atoms with E-state index in [0.717, 1.165) is 37.1 Å². The Bertz CT molecular complexity index is 750. The summed E-state index contributed by atoms with van der Waals surface area (Å²) < 4.78 is 14.1. The molecule has 1 atom stereocenters. The quantitative estimate of drug-likeness (QED) is 0.840. The number of hydrogen-bond donors (Lipinski definition) is 0. The van der Waals surface area contributed by atoms with E-state index in [2.05, 4.69) is 16.9 Å². The van der Waals surface area contributed by atoms with Gasteiger partial charge in [-0.2, -0.15) is 0 Å². The van der Waals surface area contributed by atoms with Gasteiger partial charge < -0.3 is 4.90 Å². The summed E-state index contributed by atoms with van der Waals surface area (Å²) in [6, 6.07) is 11.2. The van der Waals surface area contributed by atoms with E-state index in [4.69, 9.17) is 0 Å². The van der Waals surface area contributed by atoms with Crippen LogP contribution in [0.4, 0.5) is 4.39 Å². The number of rotatable bonds is 4. The van der Waals surface area contributed by atoms with Crippen molar-refractivity contribution in [1.82, 2.24) is 14.8 Å². The van der Waals surface area contributed by atoms with E-state index >= 15 is 0 Å². The number of carbonyl (C=O) groups is 1. The van der Waals surface area contributed by atoms with E-state index in [-0.39, 0.29) is 11.5 Å². The first-order chi connectivity index (χ1) is 12.5. The summed E-state index contributed by atoms with van der Waals surface area (Å²) in [7, 11) is 2.11. The molecule has 138 valence electrons.